The molecule has 2 rings (SSSR count). The summed E-state index contributed by atoms with van der Waals surface area (Å²) in [5, 5.41) is 10.3. The average molecular weight is 341 g/mol. The Morgan fingerprint density at radius 3 is 2.35 bits per heavy atom. The number of halogens is 1. The van der Waals surface area contributed by atoms with Crippen molar-refractivity contribution in [2.24, 2.45) is 0 Å². The van der Waals surface area contributed by atoms with Crippen molar-refractivity contribution in [2.75, 3.05) is 36.4 Å². The molecule has 0 atom stereocenters. The first-order chi connectivity index (χ1) is 9.70. The van der Waals surface area contributed by atoms with Crippen LogP contribution in [0.25, 0.3) is 0 Å². The molecule has 1 aromatic carbocycles. The second-order valence-electron chi connectivity index (χ2n) is 5.03. The Balaban J connectivity index is 1.80. The molecule has 1 aromatic rings. The summed E-state index contributed by atoms with van der Waals surface area (Å²) in [5.74, 6) is 0.561. The zero-order valence-electron chi connectivity index (χ0n) is 11.6. The fourth-order valence-electron chi connectivity index (χ4n) is 2.41. The third-order valence-electron chi connectivity index (χ3n) is 3.62. The van der Waals surface area contributed by atoms with Gasteiger partial charge in [0.15, 0.2) is 0 Å². The molecule has 1 aliphatic rings. The van der Waals surface area contributed by atoms with Crippen molar-refractivity contribution in [1.29, 1.82) is 0 Å². The average Bonchev–Trinajstić information content (AvgIpc) is 2.48. The molecule has 0 aromatic heterocycles. The number of phenols is 1. The maximum atomic E-state index is 12.0. The molecule has 1 fully saturated rings. The number of hydrogen-bond acceptors (Lipinski definition) is 3. The molecule has 110 valence electrons. The monoisotopic (exact) mass is 340 g/mol. The number of hydrogen-bond donors (Lipinski definition) is 1. The van der Waals surface area contributed by atoms with Crippen molar-refractivity contribution in [3.05, 3.63) is 24.3 Å². The van der Waals surface area contributed by atoms with E-state index < -0.39 is 0 Å². The number of benzene rings is 1. The number of carbonyl (C=O) groups is 1. The second-order valence-corrected chi connectivity index (χ2v) is 5.82. The standard InChI is InChI=1S/C15H21BrN2O2/c16-8-2-1-3-15(20)18-11-9-17(10-12-18)13-4-6-14(19)7-5-13/h4-7,19H,1-3,8-12H2. The van der Waals surface area contributed by atoms with E-state index in [9.17, 15) is 9.90 Å². The number of alkyl halides is 1. The number of piperazine rings is 1. The summed E-state index contributed by atoms with van der Waals surface area (Å²) in [4.78, 5) is 16.2. The van der Waals surface area contributed by atoms with Gasteiger partial charge in [-0.1, -0.05) is 15.9 Å². The van der Waals surface area contributed by atoms with Gasteiger partial charge in [-0.05, 0) is 37.1 Å². The Morgan fingerprint density at radius 1 is 1.10 bits per heavy atom. The maximum Gasteiger partial charge on any atom is 0.222 e. The van der Waals surface area contributed by atoms with Crippen molar-refractivity contribution in [2.45, 2.75) is 19.3 Å². The number of anilines is 1. The smallest absolute Gasteiger partial charge is 0.222 e. The van der Waals surface area contributed by atoms with Gasteiger partial charge in [-0.2, -0.15) is 0 Å². The van der Waals surface area contributed by atoms with Crippen molar-refractivity contribution in [1.82, 2.24) is 4.90 Å². The maximum absolute atomic E-state index is 12.0. The number of aromatic hydroxyl groups is 1. The number of amides is 1. The molecule has 0 bridgehead atoms. The van der Waals surface area contributed by atoms with E-state index >= 15 is 0 Å². The topological polar surface area (TPSA) is 43.8 Å². The van der Waals surface area contributed by atoms with Gasteiger partial charge in [0.05, 0.1) is 0 Å². The van der Waals surface area contributed by atoms with Gasteiger partial charge >= 0.3 is 0 Å². The molecule has 1 aliphatic heterocycles. The van der Waals surface area contributed by atoms with E-state index in [4.69, 9.17) is 0 Å². The number of phenolic OH excluding ortho intramolecular Hbond substituents is 1. The number of unbranched alkanes of at least 4 members (excludes halogenated alkanes) is 1. The van der Waals surface area contributed by atoms with Crippen molar-refractivity contribution in [3.8, 4) is 5.75 Å². The Morgan fingerprint density at radius 2 is 1.75 bits per heavy atom. The molecule has 0 aliphatic carbocycles. The molecule has 4 nitrogen and oxygen atoms in total. The summed E-state index contributed by atoms with van der Waals surface area (Å²) in [6, 6.07) is 7.24. The van der Waals surface area contributed by atoms with Crippen LogP contribution in [0.5, 0.6) is 5.75 Å². The van der Waals surface area contributed by atoms with E-state index in [1.165, 1.54) is 0 Å². The van der Waals surface area contributed by atoms with E-state index in [1.54, 1.807) is 12.1 Å². The molecule has 1 amide bonds. The SMILES string of the molecule is O=C(CCCCBr)N1CCN(c2ccc(O)cc2)CC1. The van der Waals surface area contributed by atoms with E-state index in [0.717, 1.165) is 50.0 Å². The molecule has 5 heteroatoms. The van der Waals surface area contributed by atoms with Crippen LogP contribution in [0, 0.1) is 0 Å². The lowest BCUT2D eigenvalue weighted by molar-refractivity contribution is -0.131. The van der Waals surface area contributed by atoms with Gasteiger partial charge in [-0.25, -0.2) is 0 Å². The lowest BCUT2D eigenvalue weighted by Gasteiger charge is -2.36. The minimum atomic E-state index is 0.274. The predicted molar refractivity (Wildman–Crippen MR) is 84.5 cm³/mol. The minimum absolute atomic E-state index is 0.274. The Kier molecular flexibility index (Phi) is 5.71. The second kappa shape index (κ2) is 7.53. The fourth-order valence-corrected chi connectivity index (χ4v) is 2.80. The van der Waals surface area contributed by atoms with Crippen LogP contribution < -0.4 is 4.90 Å². The Hall–Kier alpha value is -1.23. The summed E-state index contributed by atoms with van der Waals surface area (Å²) in [6.07, 6.45) is 2.67. The Bertz CT molecular complexity index is 428. The predicted octanol–water partition coefficient (Wildman–Crippen LogP) is 2.61. The first-order valence-electron chi connectivity index (χ1n) is 7.08. The van der Waals surface area contributed by atoms with Crippen LogP contribution in [0.2, 0.25) is 0 Å². The number of rotatable bonds is 5. The van der Waals surface area contributed by atoms with Crippen molar-refractivity contribution in [3.63, 3.8) is 0 Å². The molecule has 0 saturated carbocycles. The molecule has 1 saturated heterocycles. The highest BCUT2D eigenvalue weighted by Crippen LogP contribution is 2.20. The first kappa shape index (κ1) is 15.2. The van der Waals surface area contributed by atoms with Crippen LogP contribution >= 0.6 is 15.9 Å². The highest BCUT2D eigenvalue weighted by atomic mass is 79.9. The van der Waals surface area contributed by atoms with E-state index in [-0.39, 0.29) is 11.7 Å². The van der Waals surface area contributed by atoms with Crippen molar-refractivity contribution < 1.29 is 9.90 Å². The zero-order valence-corrected chi connectivity index (χ0v) is 13.2. The number of carbonyl (C=O) groups excluding carboxylic acids is 1. The van der Waals surface area contributed by atoms with Crippen molar-refractivity contribution >= 4 is 27.5 Å². The highest BCUT2D eigenvalue weighted by Gasteiger charge is 2.20. The molecular formula is C15H21BrN2O2. The van der Waals surface area contributed by atoms with Crippen LogP contribution in [0.4, 0.5) is 5.69 Å². The summed E-state index contributed by atoms with van der Waals surface area (Å²) in [6.45, 7) is 3.28. The molecule has 20 heavy (non-hydrogen) atoms. The summed E-state index contributed by atoms with van der Waals surface area (Å²) in [5.41, 5.74) is 1.11. The minimum Gasteiger partial charge on any atom is -0.508 e. The molecule has 0 radical (unpaired) electrons. The molecule has 0 unspecified atom stereocenters. The number of nitrogens with zero attached hydrogens (tertiary/aromatic N) is 2. The van der Waals surface area contributed by atoms with Crippen LogP contribution in [0.15, 0.2) is 24.3 Å². The lowest BCUT2D eigenvalue weighted by atomic mass is 10.2. The van der Waals surface area contributed by atoms with Gasteiger partial charge in [0, 0.05) is 43.6 Å². The van der Waals surface area contributed by atoms with Gasteiger partial charge < -0.3 is 14.9 Å². The highest BCUT2D eigenvalue weighted by molar-refractivity contribution is 9.09. The van der Waals surface area contributed by atoms with Gasteiger partial charge in [-0.3, -0.25) is 4.79 Å². The molecule has 0 spiro atoms. The summed E-state index contributed by atoms with van der Waals surface area (Å²) < 4.78 is 0. The van der Waals surface area contributed by atoms with Crippen LogP contribution in [-0.4, -0.2) is 47.4 Å². The summed E-state index contributed by atoms with van der Waals surface area (Å²) in [7, 11) is 0. The van der Waals surface area contributed by atoms with E-state index in [1.807, 2.05) is 17.0 Å². The molecular weight excluding hydrogens is 320 g/mol. The van der Waals surface area contributed by atoms with Crippen LogP contribution in [-0.2, 0) is 4.79 Å². The Labute approximate surface area is 128 Å². The third-order valence-corrected chi connectivity index (χ3v) is 4.18. The fraction of sp³-hybridized carbons (Fsp3) is 0.533. The van der Waals surface area contributed by atoms with Gasteiger partial charge in [0.2, 0.25) is 5.91 Å². The van der Waals surface area contributed by atoms with Gasteiger partial charge in [0.25, 0.3) is 0 Å². The molecule has 1 heterocycles. The largest absolute Gasteiger partial charge is 0.508 e. The zero-order chi connectivity index (χ0) is 14.4. The normalized spacial score (nSPS) is 15.4. The van der Waals surface area contributed by atoms with Crippen LogP contribution in [0.1, 0.15) is 19.3 Å². The van der Waals surface area contributed by atoms with Gasteiger partial charge in [0.1, 0.15) is 5.75 Å². The quantitative estimate of drug-likeness (QED) is 0.661. The van der Waals surface area contributed by atoms with Gasteiger partial charge in [-0.15, -0.1) is 0 Å². The van der Waals surface area contributed by atoms with E-state index in [2.05, 4.69) is 20.8 Å². The third kappa shape index (κ3) is 4.13. The van der Waals surface area contributed by atoms with Crippen LogP contribution in [0.3, 0.4) is 0 Å². The van der Waals surface area contributed by atoms with E-state index in [0.29, 0.717) is 6.42 Å². The first-order valence-corrected chi connectivity index (χ1v) is 8.20. The lowest BCUT2D eigenvalue weighted by Crippen LogP contribution is -2.48. The molecule has 1 N–H and O–H groups in total. The summed E-state index contributed by atoms with van der Waals surface area (Å²) >= 11 is 3.38.